The van der Waals surface area contributed by atoms with Gasteiger partial charge in [0.2, 0.25) is 0 Å². The Morgan fingerprint density at radius 2 is 1.87 bits per heavy atom. The molecule has 0 radical (unpaired) electrons. The lowest BCUT2D eigenvalue weighted by Gasteiger charge is -2.26. The fraction of sp³-hybridized carbons (Fsp3) is 0.529. The molecule has 126 valence electrons. The number of benzene rings is 1. The van der Waals surface area contributed by atoms with Crippen LogP contribution in [0.3, 0.4) is 0 Å². The first-order chi connectivity index (χ1) is 11.0. The number of aliphatic hydroxyl groups is 1. The van der Waals surface area contributed by atoms with E-state index in [0.717, 1.165) is 23.0 Å². The lowest BCUT2D eigenvalue weighted by Crippen LogP contribution is -2.28. The third-order valence-electron chi connectivity index (χ3n) is 4.11. The lowest BCUT2D eigenvalue weighted by atomic mass is 10.1. The smallest absolute Gasteiger partial charge is 0.146 e. The molecule has 0 aliphatic carbocycles. The van der Waals surface area contributed by atoms with Gasteiger partial charge >= 0.3 is 0 Å². The summed E-state index contributed by atoms with van der Waals surface area (Å²) in [6, 6.07) is 7.68. The summed E-state index contributed by atoms with van der Waals surface area (Å²) in [4.78, 5) is 2.08. The van der Waals surface area contributed by atoms with E-state index < -0.39 is 0 Å². The second kappa shape index (κ2) is 7.57. The van der Waals surface area contributed by atoms with E-state index in [9.17, 15) is 5.11 Å². The van der Waals surface area contributed by atoms with Crippen LogP contribution in [0.25, 0.3) is 0 Å². The SMILES string of the molecule is COc1ccc(C(CO)N(C)Cc2nnc(C(C)C)n2C)cc1. The van der Waals surface area contributed by atoms with E-state index in [2.05, 4.69) is 28.9 Å². The summed E-state index contributed by atoms with van der Waals surface area (Å²) in [6.07, 6.45) is 0. The number of hydrogen-bond donors (Lipinski definition) is 1. The van der Waals surface area contributed by atoms with Crippen molar-refractivity contribution in [1.82, 2.24) is 19.7 Å². The molecule has 6 nitrogen and oxygen atoms in total. The molecule has 0 fully saturated rings. The average Bonchev–Trinajstić information content (AvgIpc) is 2.90. The van der Waals surface area contributed by atoms with Gasteiger partial charge in [-0.05, 0) is 24.7 Å². The Bertz CT molecular complexity index is 622. The summed E-state index contributed by atoms with van der Waals surface area (Å²) >= 11 is 0. The third-order valence-corrected chi connectivity index (χ3v) is 4.11. The quantitative estimate of drug-likeness (QED) is 0.847. The van der Waals surface area contributed by atoms with Gasteiger partial charge < -0.3 is 14.4 Å². The molecule has 0 saturated carbocycles. The molecule has 2 aromatic rings. The van der Waals surface area contributed by atoms with Crippen molar-refractivity contribution in [2.45, 2.75) is 32.4 Å². The standard InChI is InChI=1S/C17H26N4O2/c1-12(2)17-19-18-16(21(17)4)10-20(3)15(11-22)13-6-8-14(23-5)9-7-13/h6-9,12,15,22H,10-11H2,1-5H3. The first kappa shape index (κ1) is 17.4. The number of likely N-dealkylation sites (N-methyl/N-ethyl adjacent to an activating group) is 1. The highest BCUT2D eigenvalue weighted by atomic mass is 16.5. The molecule has 0 amide bonds. The van der Waals surface area contributed by atoms with E-state index in [-0.39, 0.29) is 12.6 Å². The molecule has 0 aliphatic heterocycles. The van der Waals surface area contributed by atoms with Crippen LogP contribution >= 0.6 is 0 Å². The van der Waals surface area contributed by atoms with Crippen LogP contribution in [0.4, 0.5) is 0 Å². The minimum absolute atomic E-state index is 0.0394. The fourth-order valence-corrected chi connectivity index (χ4v) is 2.67. The van der Waals surface area contributed by atoms with E-state index in [1.165, 1.54) is 0 Å². The van der Waals surface area contributed by atoms with Crippen LogP contribution in [0.2, 0.25) is 0 Å². The molecule has 1 heterocycles. The Hall–Kier alpha value is -1.92. The van der Waals surface area contributed by atoms with Gasteiger partial charge in [0.05, 0.1) is 26.3 Å². The maximum atomic E-state index is 9.80. The highest BCUT2D eigenvalue weighted by Crippen LogP contribution is 2.23. The van der Waals surface area contributed by atoms with Gasteiger partial charge in [0.25, 0.3) is 0 Å². The van der Waals surface area contributed by atoms with Crippen molar-refractivity contribution in [2.75, 3.05) is 20.8 Å². The second-order valence-electron chi connectivity index (χ2n) is 6.07. The van der Waals surface area contributed by atoms with Crippen LogP contribution < -0.4 is 4.74 Å². The molecular weight excluding hydrogens is 292 g/mol. The van der Waals surface area contributed by atoms with Gasteiger partial charge in [0, 0.05) is 13.0 Å². The van der Waals surface area contributed by atoms with Crippen LogP contribution in [0.1, 0.15) is 43.0 Å². The predicted octanol–water partition coefficient (Wildman–Crippen LogP) is 2.11. The van der Waals surface area contributed by atoms with Gasteiger partial charge in [0.15, 0.2) is 0 Å². The fourth-order valence-electron chi connectivity index (χ4n) is 2.67. The first-order valence-corrected chi connectivity index (χ1v) is 7.81. The summed E-state index contributed by atoms with van der Waals surface area (Å²) in [5, 5.41) is 18.3. The number of rotatable bonds is 7. The van der Waals surface area contributed by atoms with E-state index in [1.54, 1.807) is 7.11 Å². The van der Waals surface area contributed by atoms with Crippen molar-refractivity contribution in [2.24, 2.45) is 7.05 Å². The molecule has 1 unspecified atom stereocenters. The van der Waals surface area contributed by atoms with Crippen molar-refractivity contribution in [3.8, 4) is 5.75 Å². The molecule has 1 atom stereocenters. The largest absolute Gasteiger partial charge is 0.497 e. The second-order valence-corrected chi connectivity index (χ2v) is 6.07. The molecule has 0 aliphatic rings. The molecule has 23 heavy (non-hydrogen) atoms. The van der Waals surface area contributed by atoms with Crippen molar-refractivity contribution >= 4 is 0 Å². The van der Waals surface area contributed by atoms with Gasteiger partial charge in [-0.2, -0.15) is 0 Å². The van der Waals surface area contributed by atoms with Crippen LogP contribution in [0.15, 0.2) is 24.3 Å². The van der Waals surface area contributed by atoms with Crippen LogP contribution in [-0.4, -0.2) is 45.5 Å². The maximum Gasteiger partial charge on any atom is 0.146 e. The monoisotopic (exact) mass is 318 g/mol. The van der Waals surface area contributed by atoms with E-state index in [1.807, 2.05) is 42.9 Å². The minimum Gasteiger partial charge on any atom is -0.497 e. The zero-order chi connectivity index (χ0) is 17.0. The summed E-state index contributed by atoms with van der Waals surface area (Å²) in [5.41, 5.74) is 1.04. The van der Waals surface area contributed by atoms with Crippen molar-refractivity contribution < 1.29 is 9.84 Å². The number of nitrogens with zero attached hydrogens (tertiary/aromatic N) is 4. The maximum absolute atomic E-state index is 9.80. The van der Waals surface area contributed by atoms with Crippen molar-refractivity contribution in [3.05, 3.63) is 41.5 Å². The van der Waals surface area contributed by atoms with E-state index in [4.69, 9.17) is 4.74 Å². The highest BCUT2D eigenvalue weighted by molar-refractivity contribution is 5.29. The van der Waals surface area contributed by atoms with Gasteiger partial charge in [-0.1, -0.05) is 26.0 Å². The summed E-state index contributed by atoms with van der Waals surface area (Å²) < 4.78 is 7.21. The van der Waals surface area contributed by atoms with Gasteiger partial charge in [-0.15, -0.1) is 10.2 Å². The minimum atomic E-state index is -0.0971. The predicted molar refractivity (Wildman–Crippen MR) is 89.4 cm³/mol. The first-order valence-electron chi connectivity index (χ1n) is 7.81. The number of hydrogen-bond acceptors (Lipinski definition) is 5. The summed E-state index contributed by atoms with van der Waals surface area (Å²) in [5.74, 6) is 3.01. The molecule has 0 bridgehead atoms. The third kappa shape index (κ3) is 3.89. The van der Waals surface area contributed by atoms with Gasteiger partial charge in [-0.25, -0.2) is 0 Å². The van der Waals surface area contributed by atoms with Gasteiger partial charge in [-0.3, -0.25) is 4.90 Å². The number of ether oxygens (including phenoxy) is 1. The summed E-state index contributed by atoms with van der Waals surface area (Å²) in [7, 11) is 5.61. The molecular formula is C17H26N4O2. The molecule has 1 N–H and O–H groups in total. The molecule has 0 saturated heterocycles. The van der Waals surface area contributed by atoms with Crippen molar-refractivity contribution in [3.63, 3.8) is 0 Å². The molecule has 1 aromatic heterocycles. The normalized spacial score (nSPS) is 12.9. The van der Waals surface area contributed by atoms with E-state index >= 15 is 0 Å². The van der Waals surface area contributed by atoms with Crippen LogP contribution in [-0.2, 0) is 13.6 Å². The topological polar surface area (TPSA) is 63.4 Å². The average molecular weight is 318 g/mol. The number of methoxy groups -OCH3 is 1. The molecule has 6 heteroatoms. The Morgan fingerprint density at radius 1 is 1.22 bits per heavy atom. The Labute approximate surface area is 137 Å². The van der Waals surface area contributed by atoms with E-state index in [0.29, 0.717) is 12.5 Å². The Kier molecular flexibility index (Phi) is 5.74. The van der Waals surface area contributed by atoms with Crippen molar-refractivity contribution in [1.29, 1.82) is 0 Å². The zero-order valence-electron chi connectivity index (χ0n) is 14.5. The summed E-state index contributed by atoms with van der Waals surface area (Å²) in [6.45, 7) is 4.86. The molecule has 1 aromatic carbocycles. The Balaban J connectivity index is 2.14. The molecule has 2 rings (SSSR count). The Morgan fingerprint density at radius 3 is 2.35 bits per heavy atom. The zero-order valence-corrected chi connectivity index (χ0v) is 14.5. The lowest BCUT2D eigenvalue weighted by molar-refractivity contribution is 0.139. The number of aromatic nitrogens is 3. The molecule has 0 spiro atoms. The number of aliphatic hydroxyl groups excluding tert-OH is 1. The van der Waals surface area contributed by atoms with Crippen LogP contribution in [0.5, 0.6) is 5.75 Å². The highest BCUT2D eigenvalue weighted by Gasteiger charge is 2.20. The van der Waals surface area contributed by atoms with Gasteiger partial charge in [0.1, 0.15) is 17.4 Å². The van der Waals surface area contributed by atoms with Crippen LogP contribution in [0, 0.1) is 0 Å².